The minimum absolute atomic E-state index is 0.00564. The Kier molecular flexibility index (Phi) is 6.93. The van der Waals surface area contributed by atoms with Gasteiger partial charge in [-0.25, -0.2) is 0 Å². The molecule has 0 aliphatic carbocycles. The maximum absolute atomic E-state index is 12.6. The van der Waals surface area contributed by atoms with Crippen LogP contribution in [-0.2, 0) is 5.54 Å². The van der Waals surface area contributed by atoms with Crippen molar-refractivity contribution in [1.29, 1.82) is 0 Å². The van der Waals surface area contributed by atoms with Crippen molar-refractivity contribution in [3.8, 4) is 11.5 Å². The lowest BCUT2D eigenvalue weighted by Crippen LogP contribution is -2.39. The van der Waals surface area contributed by atoms with Gasteiger partial charge in [0.25, 0.3) is 5.91 Å². The number of nitrogens with one attached hydrogen (secondary N) is 1. The highest BCUT2D eigenvalue weighted by Crippen LogP contribution is 2.48. The van der Waals surface area contributed by atoms with Gasteiger partial charge in [0, 0.05) is 33.8 Å². The van der Waals surface area contributed by atoms with Gasteiger partial charge in [-0.3, -0.25) is 9.79 Å². The minimum atomic E-state index is -0.358. The molecule has 0 saturated heterocycles. The van der Waals surface area contributed by atoms with Crippen LogP contribution < -0.4 is 20.5 Å². The first-order valence-electron chi connectivity index (χ1n) is 10.4. The maximum atomic E-state index is 12.6. The molecule has 1 spiro atoms. The summed E-state index contributed by atoms with van der Waals surface area (Å²) in [5.74, 6) is 1.99. The van der Waals surface area contributed by atoms with Crippen LogP contribution in [0.15, 0.2) is 45.9 Å². The summed E-state index contributed by atoms with van der Waals surface area (Å²) >= 11 is 11.2. The first-order chi connectivity index (χ1) is 15.3. The molecule has 6 nitrogen and oxygen atoms in total. The van der Waals surface area contributed by atoms with E-state index in [1.807, 2.05) is 19.1 Å². The molecule has 4 rings (SSSR count). The summed E-state index contributed by atoms with van der Waals surface area (Å²) in [6.45, 7) is 2.00. The summed E-state index contributed by atoms with van der Waals surface area (Å²) in [5.41, 5.74) is 7.27. The largest absolute Gasteiger partial charge is 0.495 e. The Morgan fingerprint density at radius 3 is 2.97 bits per heavy atom. The van der Waals surface area contributed by atoms with E-state index in [0.29, 0.717) is 21.5 Å². The van der Waals surface area contributed by atoms with Crippen LogP contribution in [0, 0.1) is 0 Å². The van der Waals surface area contributed by atoms with Gasteiger partial charge >= 0.3 is 0 Å². The van der Waals surface area contributed by atoms with Crippen LogP contribution in [0.25, 0.3) is 0 Å². The van der Waals surface area contributed by atoms with Crippen molar-refractivity contribution in [2.24, 2.45) is 10.7 Å². The van der Waals surface area contributed by atoms with Crippen molar-refractivity contribution in [2.45, 2.75) is 43.9 Å². The van der Waals surface area contributed by atoms with E-state index in [1.165, 1.54) is 7.11 Å². The van der Waals surface area contributed by atoms with Crippen molar-refractivity contribution in [3.63, 3.8) is 0 Å². The number of aliphatic imine (C=N–C) groups is 1. The second kappa shape index (κ2) is 9.53. The van der Waals surface area contributed by atoms with Crippen LogP contribution in [0.1, 0.15) is 42.1 Å². The van der Waals surface area contributed by atoms with E-state index in [-0.39, 0.29) is 23.6 Å². The van der Waals surface area contributed by atoms with Gasteiger partial charge in [-0.05, 0) is 56.2 Å². The summed E-state index contributed by atoms with van der Waals surface area (Å²) in [6.07, 6.45) is 2.33. The Bertz CT molecular complexity index is 1070. The van der Waals surface area contributed by atoms with Crippen LogP contribution in [0.5, 0.6) is 11.5 Å². The zero-order chi connectivity index (χ0) is 22.9. The summed E-state index contributed by atoms with van der Waals surface area (Å²) in [7, 11) is 1.53. The number of amidine groups is 1. The topological polar surface area (TPSA) is 85.9 Å². The molecule has 2 heterocycles. The predicted molar refractivity (Wildman–Crippen MR) is 133 cm³/mol. The van der Waals surface area contributed by atoms with Gasteiger partial charge in [-0.2, -0.15) is 0 Å². The molecular weight excluding hydrogens is 514 g/mol. The standard InChI is InChI=1S/C23H25BrClN3O3S/c1-13(27-21(29)14-4-7-18(25)20(9-14)30-2)3-6-16-11-23(12-32-22(26)28-23)17-10-15(24)5-8-19(17)31-16/h4-5,7-10,13,16H,3,6,11-12H2,1-2H3,(H2,26,28)(H,27,29)/t13-,16-,23?/m0/s1. The number of ether oxygens (including phenoxy) is 2. The highest BCUT2D eigenvalue weighted by Gasteiger charge is 2.45. The number of carbonyl (C=O) groups is 1. The van der Waals surface area contributed by atoms with Crippen molar-refractivity contribution < 1.29 is 14.3 Å². The first-order valence-corrected chi connectivity index (χ1v) is 12.5. The molecule has 0 aromatic heterocycles. The first kappa shape index (κ1) is 23.3. The lowest BCUT2D eigenvalue weighted by molar-refractivity contribution is 0.0922. The quantitative estimate of drug-likeness (QED) is 0.533. The van der Waals surface area contributed by atoms with Gasteiger partial charge in [0.2, 0.25) is 0 Å². The highest BCUT2D eigenvalue weighted by molar-refractivity contribution is 9.10. The molecule has 2 aliphatic heterocycles. The molecule has 0 radical (unpaired) electrons. The number of hydrogen-bond donors (Lipinski definition) is 2. The van der Waals surface area contributed by atoms with Crippen molar-refractivity contribution in [1.82, 2.24) is 5.32 Å². The van der Waals surface area contributed by atoms with Crippen molar-refractivity contribution in [2.75, 3.05) is 12.9 Å². The zero-order valence-corrected chi connectivity index (χ0v) is 21.0. The normalized spacial score (nSPS) is 22.6. The molecule has 170 valence electrons. The maximum Gasteiger partial charge on any atom is 0.251 e. The van der Waals surface area contributed by atoms with E-state index < -0.39 is 0 Å². The second-order valence-electron chi connectivity index (χ2n) is 8.16. The SMILES string of the molecule is COc1cc(C(=O)N[C@@H](C)CC[C@H]2CC3(CSC(N)=N3)c3cc(Br)ccc3O2)ccc1Cl. The molecule has 2 aliphatic rings. The molecule has 0 bridgehead atoms. The molecule has 2 aromatic carbocycles. The molecular formula is C23H25BrClN3O3S. The number of thioether (sulfide) groups is 1. The van der Waals surface area contributed by atoms with E-state index >= 15 is 0 Å². The lowest BCUT2D eigenvalue weighted by atomic mass is 9.82. The molecule has 0 saturated carbocycles. The Morgan fingerprint density at radius 1 is 1.44 bits per heavy atom. The average molecular weight is 539 g/mol. The fourth-order valence-electron chi connectivity index (χ4n) is 4.17. The third-order valence-electron chi connectivity index (χ3n) is 5.80. The van der Waals surface area contributed by atoms with E-state index in [2.05, 4.69) is 27.3 Å². The van der Waals surface area contributed by atoms with Gasteiger partial charge in [-0.1, -0.05) is 39.3 Å². The highest BCUT2D eigenvalue weighted by atomic mass is 79.9. The van der Waals surface area contributed by atoms with Crippen molar-refractivity contribution >= 4 is 50.4 Å². The monoisotopic (exact) mass is 537 g/mol. The number of carbonyl (C=O) groups excluding carboxylic acids is 1. The number of fused-ring (bicyclic) bond motifs is 2. The Labute approximate surface area is 205 Å². The van der Waals surface area contributed by atoms with Crippen molar-refractivity contribution in [3.05, 3.63) is 57.0 Å². The predicted octanol–water partition coefficient (Wildman–Crippen LogP) is 5.12. The smallest absolute Gasteiger partial charge is 0.251 e. The number of nitrogens with two attached hydrogens (primary N) is 1. The van der Waals surface area contributed by atoms with Crippen LogP contribution in [0.4, 0.5) is 0 Å². The van der Waals surface area contributed by atoms with Gasteiger partial charge in [0.05, 0.1) is 12.1 Å². The molecule has 0 fully saturated rings. The fourth-order valence-corrected chi connectivity index (χ4v) is 5.68. The summed E-state index contributed by atoms with van der Waals surface area (Å²) in [4.78, 5) is 17.5. The van der Waals surface area contributed by atoms with E-state index in [4.69, 9.17) is 31.8 Å². The fraction of sp³-hybridized carbons (Fsp3) is 0.391. The van der Waals surface area contributed by atoms with Crippen LogP contribution in [0.2, 0.25) is 5.02 Å². The Morgan fingerprint density at radius 2 is 2.25 bits per heavy atom. The summed E-state index contributed by atoms with van der Waals surface area (Å²) in [5, 5.41) is 4.14. The number of benzene rings is 2. The Hall–Kier alpha value is -1.90. The third kappa shape index (κ3) is 4.87. The van der Waals surface area contributed by atoms with E-state index in [9.17, 15) is 4.79 Å². The van der Waals surface area contributed by atoms with E-state index in [0.717, 1.165) is 40.8 Å². The molecule has 3 atom stereocenters. The Balaban J connectivity index is 1.40. The van der Waals surface area contributed by atoms with Crippen LogP contribution >= 0.6 is 39.3 Å². The summed E-state index contributed by atoms with van der Waals surface area (Å²) in [6, 6.07) is 11.0. The summed E-state index contributed by atoms with van der Waals surface area (Å²) < 4.78 is 12.5. The zero-order valence-electron chi connectivity index (χ0n) is 17.9. The van der Waals surface area contributed by atoms with Crippen LogP contribution in [-0.4, -0.2) is 36.1 Å². The number of methoxy groups -OCH3 is 1. The number of halogens is 2. The molecule has 32 heavy (non-hydrogen) atoms. The molecule has 2 aromatic rings. The van der Waals surface area contributed by atoms with Crippen LogP contribution in [0.3, 0.4) is 0 Å². The molecule has 1 amide bonds. The van der Waals surface area contributed by atoms with Gasteiger partial charge in [0.1, 0.15) is 23.1 Å². The average Bonchev–Trinajstić information content (AvgIpc) is 3.13. The van der Waals surface area contributed by atoms with Gasteiger partial charge < -0.3 is 20.5 Å². The van der Waals surface area contributed by atoms with Gasteiger partial charge in [-0.15, -0.1) is 0 Å². The number of amides is 1. The second-order valence-corrected chi connectivity index (χ2v) is 10.5. The molecule has 1 unspecified atom stereocenters. The van der Waals surface area contributed by atoms with E-state index in [1.54, 1.807) is 30.0 Å². The number of hydrogen-bond acceptors (Lipinski definition) is 6. The number of rotatable bonds is 6. The lowest BCUT2D eigenvalue weighted by Gasteiger charge is -2.38. The molecule has 9 heteroatoms. The van der Waals surface area contributed by atoms with Gasteiger partial charge in [0.15, 0.2) is 5.17 Å². The molecule has 3 N–H and O–H groups in total. The minimum Gasteiger partial charge on any atom is -0.495 e. The number of nitrogens with zero attached hydrogens (tertiary/aromatic N) is 1. The third-order valence-corrected chi connectivity index (χ3v) is 7.61.